The fourth-order valence-corrected chi connectivity index (χ4v) is 5.04. The van der Waals surface area contributed by atoms with E-state index in [0.717, 1.165) is 16.3 Å². The molecule has 1 N–H and O–H groups in total. The number of piperidine rings is 1. The molecule has 188 valence electrons. The molecule has 3 heterocycles. The van der Waals surface area contributed by atoms with Crippen molar-refractivity contribution in [2.75, 3.05) is 31.6 Å². The summed E-state index contributed by atoms with van der Waals surface area (Å²) in [7, 11) is 3.48. The third kappa shape index (κ3) is 4.16. The van der Waals surface area contributed by atoms with Crippen LogP contribution in [0.2, 0.25) is 0 Å². The van der Waals surface area contributed by atoms with Crippen LogP contribution in [-0.2, 0) is 27.9 Å². The Balaban J connectivity index is 1.64. The van der Waals surface area contributed by atoms with Gasteiger partial charge >= 0.3 is 5.97 Å². The van der Waals surface area contributed by atoms with E-state index in [1.165, 1.54) is 6.07 Å². The van der Waals surface area contributed by atoms with Gasteiger partial charge in [-0.1, -0.05) is 12.1 Å². The summed E-state index contributed by atoms with van der Waals surface area (Å²) < 4.78 is 23.9. The third-order valence-corrected chi connectivity index (χ3v) is 6.88. The maximum Gasteiger partial charge on any atom is 0.327 e. The molecule has 0 radical (unpaired) electrons. The molecule has 1 aliphatic heterocycles. The largest absolute Gasteiger partial charge is 0.465 e. The zero-order valence-corrected chi connectivity index (χ0v) is 20.6. The van der Waals surface area contributed by atoms with Gasteiger partial charge in [0.05, 0.1) is 29.2 Å². The highest BCUT2D eigenvalue weighted by Crippen LogP contribution is 2.39. The number of carbonyl (C=O) groups is 2. The van der Waals surface area contributed by atoms with Crippen LogP contribution in [0, 0.1) is 11.7 Å². The minimum atomic E-state index is -0.389. The molecule has 0 atom stereocenters. The molecule has 2 aromatic heterocycles. The predicted octanol–water partition coefficient (Wildman–Crippen LogP) is 3.25. The van der Waals surface area contributed by atoms with Gasteiger partial charge in [0.1, 0.15) is 12.4 Å². The van der Waals surface area contributed by atoms with Crippen molar-refractivity contribution in [3.05, 3.63) is 42.3 Å². The average Bonchev–Trinajstić information content (AvgIpc) is 3.43. The van der Waals surface area contributed by atoms with Crippen LogP contribution in [0.5, 0.6) is 0 Å². The number of carbonyl (C=O) groups excluding carboxylic acids is 2. The molecular formula is C26H29FN6O3. The number of halogens is 1. The standard InChI is InChI=1S/C26H29FN6O3/c1-4-36-23(34)15-33-21-7-5-6-18(19-13-22-17(12-20(19)27)14-29-31(22)3)24(21)25(30-33)32-10-8-16(9-11-32)26(35)28-2/h5-7,12-14,16H,4,8-11,15H2,1-3H3,(H,28,35). The van der Waals surface area contributed by atoms with Gasteiger partial charge in [-0.2, -0.15) is 10.2 Å². The van der Waals surface area contributed by atoms with Crippen molar-refractivity contribution >= 4 is 39.5 Å². The Morgan fingerprint density at radius 2 is 1.94 bits per heavy atom. The average molecular weight is 493 g/mol. The predicted molar refractivity (Wildman–Crippen MR) is 135 cm³/mol. The SMILES string of the molecule is CCOC(=O)Cn1nc(N2CCC(C(=O)NC)CC2)c2c(-c3cc4c(cnn4C)cc3F)cccc21. The second-order valence-electron chi connectivity index (χ2n) is 9.02. The quantitative estimate of drug-likeness (QED) is 0.415. The zero-order chi connectivity index (χ0) is 25.4. The molecule has 0 aliphatic carbocycles. The highest BCUT2D eigenvalue weighted by Gasteiger charge is 2.28. The Bertz CT molecular complexity index is 1450. The van der Waals surface area contributed by atoms with E-state index in [9.17, 15) is 9.59 Å². The van der Waals surface area contributed by atoms with Crippen molar-refractivity contribution in [2.24, 2.45) is 13.0 Å². The lowest BCUT2D eigenvalue weighted by molar-refractivity contribution is -0.143. The Morgan fingerprint density at radius 3 is 2.67 bits per heavy atom. The van der Waals surface area contributed by atoms with Gasteiger partial charge < -0.3 is 15.0 Å². The minimum absolute atomic E-state index is 0.0413. The fourth-order valence-electron chi connectivity index (χ4n) is 5.04. The molecule has 1 fully saturated rings. The molecular weight excluding hydrogens is 463 g/mol. The van der Waals surface area contributed by atoms with E-state index in [2.05, 4.69) is 15.3 Å². The van der Waals surface area contributed by atoms with E-state index in [4.69, 9.17) is 9.84 Å². The molecule has 0 saturated carbocycles. The number of aromatic nitrogens is 4. The molecule has 4 aromatic rings. The van der Waals surface area contributed by atoms with Crippen LogP contribution in [0.15, 0.2) is 36.5 Å². The normalized spacial score (nSPS) is 14.5. The van der Waals surface area contributed by atoms with Crippen LogP contribution in [-0.4, -0.2) is 58.2 Å². The van der Waals surface area contributed by atoms with Gasteiger partial charge in [0.25, 0.3) is 0 Å². The number of rotatable bonds is 6. The van der Waals surface area contributed by atoms with Crippen LogP contribution < -0.4 is 10.2 Å². The van der Waals surface area contributed by atoms with E-state index in [-0.39, 0.29) is 36.8 Å². The number of ether oxygens (including phenoxy) is 1. The maximum atomic E-state index is 15.4. The van der Waals surface area contributed by atoms with Gasteiger partial charge in [-0.3, -0.25) is 19.0 Å². The van der Waals surface area contributed by atoms with Crippen molar-refractivity contribution in [3.8, 4) is 11.1 Å². The molecule has 9 nitrogen and oxygen atoms in total. The van der Waals surface area contributed by atoms with E-state index in [1.54, 1.807) is 35.6 Å². The molecule has 0 unspecified atom stereocenters. The number of nitrogens with one attached hydrogen (secondary N) is 1. The van der Waals surface area contributed by atoms with Crippen LogP contribution in [0.3, 0.4) is 0 Å². The summed E-state index contributed by atoms with van der Waals surface area (Å²) >= 11 is 0. The number of amides is 1. The zero-order valence-electron chi connectivity index (χ0n) is 20.6. The molecule has 1 amide bonds. The van der Waals surface area contributed by atoms with Crippen molar-refractivity contribution < 1.29 is 18.7 Å². The first kappa shape index (κ1) is 23.8. The van der Waals surface area contributed by atoms with Crippen LogP contribution in [0.4, 0.5) is 10.2 Å². The fraction of sp³-hybridized carbons (Fsp3) is 0.385. The number of nitrogens with zero attached hydrogens (tertiary/aromatic N) is 5. The van der Waals surface area contributed by atoms with Crippen LogP contribution in [0.1, 0.15) is 19.8 Å². The van der Waals surface area contributed by atoms with Crippen molar-refractivity contribution in [3.63, 3.8) is 0 Å². The second-order valence-corrected chi connectivity index (χ2v) is 9.02. The highest BCUT2D eigenvalue weighted by molar-refractivity contribution is 6.04. The highest BCUT2D eigenvalue weighted by atomic mass is 19.1. The number of benzene rings is 2. The molecule has 5 rings (SSSR count). The smallest absolute Gasteiger partial charge is 0.327 e. The lowest BCUT2D eigenvalue weighted by Crippen LogP contribution is -2.39. The number of hydrogen-bond acceptors (Lipinski definition) is 6. The summed E-state index contributed by atoms with van der Waals surface area (Å²) in [5.74, 6) is -0.0854. The van der Waals surface area contributed by atoms with E-state index < -0.39 is 0 Å². The summed E-state index contributed by atoms with van der Waals surface area (Å²) in [5, 5.41) is 13.3. The van der Waals surface area contributed by atoms with Crippen molar-refractivity contribution in [2.45, 2.75) is 26.3 Å². The minimum Gasteiger partial charge on any atom is -0.465 e. The number of aryl methyl sites for hydroxylation is 1. The molecule has 1 saturated heterocycles. The van der Waals surface area contributed by atoms with Crippen molar-refractivity contribution in [1.82, 2.24) is 24.9 Å². The Labute approximate surface area is 207 Å². The topological polar surface area (TPSA) is 94.3 Å². The maximum absolute atomic E-state index is 15.4. The first-order chi connectivity index (χ1) is 17.4. The van der Waals surface area contributed by atoms with Gasteiger partial charge in [-0.15, -0.1) is 0 Å². The third-order valence-electron chi connectivity index (χ3n) is 6.88. The summed E-state index contributed by atoms with van der Waals surface area (Å²) in [6.45, 7) is 3.24. The van der Waals surface area contributed by atoms with Gasteiger partial charge in [0.2, 0.25) is 5.91 Å². The van der Waals surface area contributed by atoms with Gasteiger partial charge in [0, 0.05) is 44.1 Å². The second kappa shape index (κ2) is 9.60. The number of fused-ring (bicyclic) bond motifs is 2. The summed E-state index contributed by atoms with van der Waals surface area (Å²) in [6.07, 6.45) is 3.01. The Hall–Kier alpha value is -3.95. The molecule has 1 aliphatic rings. The van der Waals surface area contributed by atoms with Gasteiger partial charge in [-0.05, 0) is 43.5 Å². The molecule has 0 spiro atoms. The number of esters is 1. The van der Waals surface area contributed by atoms with Crippen LogP contribution in [0.25, 0.3) is 32.9 Å². The van der Waals surface area contributed by atoms with E-state index in [0.29, 0.717) is 48.4 Å². The number of anilines is 1. The summed E-state index contributed by atoms with van der Waals surface area (Å²) in [5.41, 5.74) is 2.66. The van der Waals surface area contributed by atoms with E-state index in [1.807, 2.05) is 25.2 Å². The summed E-state index contributed by atoms with van der Waals surface area (Å²) in [4.78, 5) is 26.6. The first-order valence-electron chi connectivity index (χ1n) is 12.1. The molecule has 0 bridgehead atoms. The van der Waals surface area contributed by atoms with Crippen molar-refractivity contribution in [1.29, 1.82) is 0 Å². The molecule has 2 aromatic carbocycles. The van der Waals surface area contributed by atoms with Crippen LogP contribution >= 0.6 is 0 Å². The summed E-state index contributed by atoms with van der Waals surface area (Å²) in [6, 6.07) is 8.90. The lowest BCUT2D eigenvalue weighted by atomic mass is 9.95. The van der Waals surface area contributed by atoms with E-state index >= 15 is 4.39 Å². The molecule has 36 heavy (non-hydrogen) atoms. The Morgan fingerprint density at radius 1 is 1.17 bits per heavy atom. The van der Waals surface area contributed by atoms with Gasteiger partial charge in [0.15, 0.2) is 5.82 Å². The van der Waals surface area contributed by atoms with Gasteiger partial charge in [-0.25, -0.2) is 4.39 Å². The number of hydrogen-bond donors (Lipinski definition) is 1. The Kier molecular flexibility index (Phi) is 6.34. The monoisotopic (exact) mass is 492 g/mol. The first-order valence-corrected chi connectivity index (χ1v) is 12.1. The molecule has 10 heteroatoms. The lowest BCUT2D eigenvalue weighted by Gasteiger charge is -2.31.